The zero-order chi connectivity index (χ0) is 12.4. The Morgan fingerprint density at radius 2 is 1.44 bits per heavy atom. The molecular weight excluding hydrogens is 218 g/mol. The van der Waals surface area contributed by atoms with Gasteiger partial charge in [-0.15, -0.1) is 0 Å². The maximum absolute atomic E-state index is 4.03. The highest BCUT2D eigenvalue weighted by atomic mass is 15.0. The first-order valence-corrected chi connectivity index (χ1v) is 8.60. The molecule has 104 valence electrons. The second kappa shape index (κ2) is 5.94. The molecule has 3 unspecified atom stereocenters. The molecule has 0 heterocycles. The van der Waals surface area contributed by atoms with E-state index in [4.69, 9.17) is 0 Å². The number of nitrogens with one attached hydrogen (secondary N) is 1. The summed E-state index contributed by atoms with van der Waals surface area (Å²) in [5.74, 6) is 3.09. The van der Waals surface area contributed by atoms with Gasteiger partial charge < -0.3 is 5.32 Å². The molecule has 3 aliphatic rings. The Kier molecular flexibility index (Phi) is 4.28. The molecule has 1 nitrogen and oxygen atoms in total. The fourth-order valence-electron chi connectivity index (χ4n) is 4.56. The van der Waals surface area contributed by atoms with Gasteiger partial charge in [-0.05, 0) is 50.4 Å². The van der Waals surface area contributed by atoms with E-state index in [2.05, 4.69) is 12.2 Å². The maximum atomic E-state index is 4.03. The van der Waals surface area contributed by atoms with E-state index >= 15 is 0 Å². The van der Waals surface area contributed by atoms with Crippen LogP contribution < -0.4 is 5.32 Å². The molecule has 3 atom stereocenters. The summed E-state index contributed by atoms with van der Waals surface area (Å²) in [5, 5.41) is 4.03. The molecule has 3 aliphatic carbocycles. The molecule has 0 aromatic heterocycles. The van der Waals surface area contributed by atoms with Crippen LogP contribution in [0.15, 0.2) is 0 Å². The molecule has 0 aromatic carbocycles. The van der Waals surface area contributed by atoms with Crippen LogP contribution in [-0.2, 0) is 0 Å². The molecule has 0 radical (unpaired) electrons. The molecule has 1 heteroatoms. The summed E-state index contributed by atoms with van der Waals surface area (Å²) in [6.07, 6.45) is 16.5. The van der Waals surface area contributed by atoms with Gasteiger partial charge in [0.05, 0.1) is 0 Å². The Balaban J connectivity index is 1.57. The van der Waals surface area contributed by atoms with Crippen molar-refractivity contribution in [2.24, 2.45) is 17.8 Å². The van der Waals surface area contributed by atoms with Crippen LogP contribution in [0.3, 0.4) is 0 Å². The lowest BCUT2D eigenvalue weighted by Crippen LogP contribution is -2.46. The highest BCUT2D eigenvalue weighted by molar-refractivity contribution is 4.91. The molecule has 3 saturated carbocycles. The van der Waals surface area contributed by atoms with Crippen LogP contribution >= 0.6 is 0 Å². The van der Waals surface area contributed by atoms with Crippen molar-refractivity contribution in [1.29, 1.82) is 0 Å². The van der Waals surface area contributed by atoms with Crippen LogP contribution in [0.2, 0.25) is 0 Å². The van der Waals surface area contributed by atoms with E-state index in [1.54, 1.807) is 0 Å². The van der Waals surface area contributed by atoms with Crippen LogP contribution in [0.5, 0.6) is 0 Å². The van der Waals surface area contributed by atoms with Crippen LogP contribution in [0.25, 0.3) is 0 Å². The summed E-state index contributed by atoms with van der Waals surface area (Å²) in [6, 6.07) is 1.65. The van der Waals surface area contributed by atoms with Crippen molar-refractivity contribution in [2.75, 3.05) is 0 Å². The van der Waals surface area contributed by atoms with Gasteiger partial charge in [-0.1, -0.05) is 44.9 Å². The smallest absolute Gasteiger partial charge is 0.0101 e. The van der Waals surface area contributed by atoms with Gasteiger partial charge in [-0.3, -0.25) is 0 Å². The number of rotatable bonds is 4. The number of hydrogen-bond acceptors (Lipinski definition) is 1. The van der Waals surface area contributed by atoms with E-state index in [0.29, 0.717) is 0 Å². The number of hydrogen-bond donors (Lipinski definition) is 1. The minimum atomic E-state index is 0.791. The van der Waals surface area contributed by atoms with Gasteiger partial charge in [-0.25, -0.2) is 0 Å². The van der Waals surface area contributed by atoms with Crippen LogP contribution in [0, 0.1) is 17.8 Å². The predicted octanol–water partition coefficient (Wildman–Crippen LogP) is 4.51. The molecule has 0 aliphatic heterocycles. The topological polar surface area (TPSA) is 12.0 Å². The van der Waals surface area contributed by atoms with Crippen molar-refractivity contribution in [3.05, 3.63) is 0 Å². The lowest BCUT2D eigenvalue weighted by Gasteiger charge is -2.40. The van der Waals surface area contributed by atoms with E-state index in [1.807, 2.05) is 0 Å². The van der Waals surface area contributed by atoms with E-state index in [1.165, 1.54) is 70.6 Å². The summed E-state index contributed by atoms with van der Waals surface area (Å²) >= 11 is 0. The van der Waals surface area contributed by atoms with Crippen molar-refractivity contribution >= 4 is 0 Å². The lowest BCUT2D eigenvalue weighted by atomic mass is 9.71. The Morgan fingerprint density at radius 3 is 2.17 bits per heavy atom. The maximum Gasteiger partial charge on any atom is 0.0101 e. The fourth-order valence-corrected chi connectivity index (χ4v) is 4.56. The third kappa shape index (κ3) is 3.10. The van der Waals surface area contributed by atoms with Crippen molar-refractivity contribution in [2.45, 2.75) is 89.6 Å². The van der Waals surface area contributed by atoms with Gasteiger partial charge in [0.15, 0.2) is 0 Å². The molecule has 3 rings (SSSR count). The molecule has 0 bridgehead atoms. The largest absolute Gasteiger partial charge is 0.311 e. The van der Waals surface area contributed by atoms with Crippen LogP contribution in [0.1, 0.15) is 77.6 Å². The molecule has 0 saturated heterocycles. The molecule has 3 fully saturated rings. The highest BCUT2D eigenvalue weighted by Crippen LogP contribution is 2.40. The third-order valence-electron chi connectivity index (χ3n) is 5.88. The Hall–Kier alpha value is -0.0400. The summed E-state index contributed by atoms with van der Waals surface area (Å²) < 4.78 is 0. The van der Waals surface area contributed by atoms with Gasteiger partial charge >= 0.3 is 0 Å². The monoisotopic (exact) mass is 249 g/mol. The van der Waals surface area contributed by atoms with Gasteiger partial charge in [0.25, 0.3) is 0 Å². The van der Waals surface area contributed by atoms with Crippen molar-refractivity contribution in [1.82, 2.24) is 5.32 Å². The van der Waals surface area contributed by atoms with Gasteiger partial charge in [0, 0.05) is 12.1 Å². The van der Waals surface area contributed by atoms with E-state index in [0.717, 1.165) is 29.8 Å². The van der Waals surface area contributed by atoms with Crippen molar-refractivity contribution < 1.29 is 0 Å². The van der Waals surface area contributed by atoms with Crippen LogP contribution in [-0.4, -0.2) is 12.1 Å². The molecule has 0 amide bonds. The Bertz CT molecular complexity index is 252. The van der Waals surface area contributed by atoms with E-state index < -0.39 is 0 Å². The predicted molar refractivity (Wildman–Crippen MR) is 77.6 cm³/mol. The van der Waals surface area contributed by atoms with E-state index in [9.17, 15) is 0 Å². The Labute approximate surface area is 113 Å². The molecular formula is C17H31N. The zero-order valence-electron chi connectivity index (χ0n) is 12.2. The van der Waals surface area contributed by atoms with Gasteiger partial charge in [0.2, 0.25) is 0 Å². The normalized spacial score (nSPS) is 36.5. The quantitative estimate of drug-likeness (QED) is 0.773. The summed E-state index contributed by atoms with van der Waals surface area (Å²) in [7, 11) is 0. The minimum absolute atomic E-state index is 0.791. The van der Waals surface area contributed by atoms with Gasteiger partial charge in [-0.2, -0.15) is 0 Å². The minimum Gasteiger partial charge on any atom is -0.311 e. The molecule has 1 N–H and O–H groups in total. The average Bonchev–Trinajstić information content (AvgIpc) is 3.25. The van der Waals surface area contributed by atoms with Gasteiger partial charge in [0.1, 0.15) is 0 Å². The molecule has 0 spiro atoms. The summed E-state index contributed by atoms with van der Waals surface area (Å²) in [4.78, 5) is 0. The Morgan fingerprint density at radius 1 is 0.778 bits per heavy atom. The average molecular weight is 249 g/mol. The van der Waals surface area contributed by atoms with Crippen LogP contribution in [0.4, 0.5) is 0 Å². The van der Waals surface area contributed by atoms with E-state index in [-0.39, 0.29) is 0 Å². The first-order valence-electron chi connectivity index (χ1n) is 8.60. The molecule has 18 heavy (non-hydrogen) atoms. The summed E-state index contributed by atoms with van der Waals surface area (Å²) in [6.45, 7) is 2.43. The first kappa shape index (κ1) is 13.0. The van der Waals surface area contributed by atoms with Crippen molar-refractivity contribution in [3.8, 4) is 0 Å². The molecule has 0 aromatic rings. The standard InChI is InChI=1S/C17H31N/c1-13(14-11-12-14)18-17-10-6-5-9-16(17)15-7-3-2-4-8-15/h13-18H,2-12H2,1H3. The third-order valence-corrected chi connectivity index (χ3v) is 5.88. The zero-order valence-corrected chi connectivity index (χ0v) is 12.2. The second-order valence-electron chi connectivity index (χ2n) is 7.25. The second-order valence-corrected chi connectivity index (χ2v) is 7.25. The fraction of sp³-hybridized carbons (Fsp3) is 1.00. The SMILES string of the molecule is CC(NC1CCCCC1C1CCCCC1)C1CC1. The lowest BCUT2D eigenvalue weighted by molar-refractivity contribution is 0.141. The first-order chi connectivity index (χ1) is 8.84. The summed E-state index contributed by atoms with van der Waals surface area (Å²) in [5.41, 5.74) is 0. The van der Waals surface area contributed by atoms with Crippen molar-refractivity contribution in [3.63, 3.8) is 0 Å². The highest BCUT2D eigenvalue weighted by Gasteiger charge is 2.35.